The summed E-state index contributed by atoms with van der Waals surface area (Å²) in [5, 5.41) is 0. The zero-order valence-electron chi connectivity index (χ0n) is 12.7. The van der Waals surface area contributed by atoms with Gasteiger partial charge in [-0.2, -0.15) is 0 Å². The van der Waals surface area contributed by atoms with E-state index in [-0.39, 0.29) is 12.6 Å². The highest BCUT2D eigenvalue weighted by Gasteiger charge is 2.28. The Hall–Kier alpha value is -1.61. The molecule has 0 heterocycles. The summed E-state index contributed by atoms with van der Waals surface area (Å²) in [6.07, 6.45) is 1.38. The maximum absolute atomic E-state index is 12.4. The van der Waals surface area contributed by atoms with Gasteiger partial charge in [-0.25, -0.2) is 0 Å². The van der Waals surface area contributed by atoms with Crippen molar-refractivity contribution < 1.29 is 14.3 Å². The van der Waals surface area contributed by atoms with E-state index in [1.54, 1.807) is 7.11 Å². The van der Waals surface area contributed by atoms with Crippen LogP contribution in [0, 0.1) is 19.8 Å². The van der Waals surface area contributed by atoms with Gasteiger partial charge in [0.15, 0.2) is 12.6 Å². The SMILES string of the molecule is COCOC1=C(c2ccc(C)cc2C)C(=O)CC(C)C1. The number of allylic oxidation sites excluding steroid dienone is 2. The number of hydrogen-bond donors (Lipinski definition) is 0. The molecule has 0 saturated carbocycles. The molecule has 0 aromatic heterocycles. The van der Waals surface area contributed by atoms with Gasteiger partial charge in [0.1, 0.15) is 5.76 Å². The molecule has 1 aromatic rings. The molecule has 20 heavy (non-hydrogen) atoms. The molecule has 3 nitrogen and oxygen atoms in total. The standard InChI is InChI=1S/C17H22O3/c1-11-5-6-14(13(3)7-11)17-15(18)8-12(2)9-16(17)20-10-19-4/h5-7,12H,8-10H2,1-4H3. The lowest BCUT2D eigenvalue weighted by Gasteiger charge is -2.25. The Morgan fingerprint density at radius 2 is 2.00 bits per heavy atom. The molecule has 0 bridgehead atoms. The van der Waals surface area contributed by atoms with E-state index in [9.17, 15) is 4.79 Å². The summed E-state index contributed by atoms with van der Waals surface area (Å²) in [6, 6.07) is 6.15. The first kappa shape index (κ1) is 14.8. The number of carbonyl (C=O) groups is 1. The van der Waals surface area contributed by atoms with E-state index in [1.807, 2.05) is 19.1 Å². The number of benzene rings is 1. The molecule has 1 aromatic carbocycles. The summed E-state index contributed by atoms with van der Waals surface area (Å²) in [6.45, 7) is 6.35. The van der Waals surface area contributed by atoms with E-state index in [2.05, 4.69) is 19.9 Å². The molecule has 0 radical (unpaired) electrons. The van der Waals surface area contributed by atoms with Crippen molar-refractivity contribution in [2.24, 2.45) is 5.92 Å². The summed E-state index contributed by atoms with van der Waals surface area (Å²) >= 11 is 0. The van der Waals surface area contributed by atoms with Gasteiger partial charge in [0, 0.05) is 20.0 Å². The van der Waals surface area contributed by atoms with E-state index in [0.29, 0.717) is 12.3 Å². The van der Waals surface area contributed by atoms with Gasteiger partial charge in [0.2, 0.25) is 0 Å². The first-order valence-electron chi connectivity index (χ1n) is 6.98. The average molecular weight is 274 g/mol. The first-order valence-corrected chi connectivity index (χ1v) is 6.98. The number of hydrogen-bond acceptors (Lipinski definition) is 3. The van der Waals surface area contributed by atoms with Crippen LogP contribution in [0.2, 0.25) is 0 Å². The van der Waals surface area contributed by atoms with Gasteiger partial charge in [-0.3, -0.25) is 4.79 Å². The number of methoxy groups -OCH3 is 1. The molecule has 0 saturated heterocycles. The fourth-order valence-corrected chi connectivity index (χ4v) is 2.72. The molecule has 1 atom stereocenters. The van der Waals surface area contributed by atoms with Gasteiger partial charge < -0.3 is 9.47 Å². The number of ether oxygens (including phenoxy) is 2. The Bertz CT molecular complexity index is 543. The van der Waals surface area contributed by atoms with Crippen LogP contribution in [0.3, 0.4) is 0 Å². The van der Waals surface area contributed by atoms with Crippen LogP contribution < -0.4 is 0 Å². The van der Waals surface area contributed by atoms with Crippen molar-refractivity contribution in [2.75, 3.05) is 13.9 Å². The summed E-state index contributed by atoms with van der Waals surface area (Å²) in [5.74, 6) is 1.26. The van der Waals surface area contributed by atoms with Crippen LogP contribution in [0.15, 0.2) is 24.0 Å². The number of Topliss-reactive ketones (excluding diaryl/α,β-unsaturated/α-hetero) is 1. The lowest BCUT2D eigenvalue weighted by Crippen LogP contribution is -2.19. The fraction of sp³-hybridized carbons (Fsp3) is 0.471. The van der Waals surface area contributed by atoms with E-state index < -0.39 is 0 Å². The third kappa shape index (κ3) is 3.10. The van der Waals surface area contributed by atoms with Crippen molar-refractivity contribution in [1.82, 2.24) is 0 Å². The monoisotopic (exact) mass is 274 g/mol. The van der Waals surface area contributed by atoms with Gasteiger partial charge in [-0.1, -0.05) is 30.7 Å². The predicted octanol–water partition coefficient (Wildman–Crippen LogP) is 3.63. The molecule has 0 N–H and O–H groups in total. The number of ketones is 1. The lowest BCUT2D eigenvalue weighted by atomic mass is 9.83. The third-order valence-corrected chi connectivity index (χ3v) is 3.63. The molecule has 108 valence electrons. The van der Waals surface area contributed by atoms with Gasteiger partial charge in [-0.15, -0.1) is 0 Å². The molecule has 1 aliphatic carbocycles. The summed E-state index contributed by atoms with van der Waals surface area (Å²) < 4.78 is 10.6. The smallest absolute Gasteiger partial charge is 0.188 e. The maximum Gasteiger partial charge on any atom is 0.188 e. The van der Waals surface area contributed by atoms with Crippen LogP contribution in [0.4, 0.5) is 0 Å². The topological polar surface area (TPSA) is 35.5 Å². The van der Waals surface area contributed by atoms with E-state index in [1.165, 1.54) is 5.56 Å². The van der Waals surface area contributed by atoms with Crippen molar-refractivity contribution in [3.05, 3.63) is 40.6 Å². The maximum atomic E-state index is 12.4. The molecule has 1 unspecified atom stereocenters. The summed E-state index contributed by atoms with van der Waals surface area (Å²) in [4.78, 5) is 12.4. The minimum absolute atomic E-state index is 0.168. The largest absolute Gasteiger partial charge is 0.471 e. The van der Waals surface area contributed by atoms with Crippen LogP contribution >= 0.6 is 0 Å². The molecule has 2 rings (SSSR count). The fourth-order valence-electron chi connectivity index (χ4n) is 2.72. The molecule has 0 aliphatic heterocycles. The quantitative estimate of drug-likeness (QED) is 0.786. The van der Waals surface area contributed by atoms with Crippen LogP contribution in [-0.4, -0.2) is 19.7 Å². The Morgan fingerprint density at radius 1 is 1.25 bits per heavy atom. The van der Waals surface area contributed by atoms with Crippen LogP contribution in [0.1, 0.15) is 36.5 Å². The van der Waals surface area contributed by atoms with Crippen molar-refractivity contribution in [2.45, 2.75) is 33.6 Å². The van der Waals surface area contributed by atoms with E-state index >= 15 is 0 Å². The second kappa shape index (κ2) is 6.23. The highest BCUT2D eigenvalue weighted by atomic mass is 16.7. The third-order valence-electron chi connectivity index (χ3n) is 3.63. The molecule has 0 spiro atoms. The second-order valence-corrected chi connectivity index (χ2v) is 5.60. The minimum atomic E-state index is 0.168. The molecular weight excluding hydrogens is 252 g/mol. The first-order chi connectivity index (χ1) is 9.52. The Balaban J connectivity index is 2.48. The number of aryl methyl sites for hydroxylation is 2. The van der Waals surface area contributed by atoms with Crippen molar-refractivity contribution in [1.29, 1.82) is 0 Å². The average Bonchev–Trinajstić information content (AvgIpc) is 2.37. The predicted molar refractivity (Wildman–Crippen MR) is 79.2 cm³/mol. The summed E-state index contributed by atoms with van der Waals surface area (Å²) in [5.41, 5.74) is 4.03. The van der Waals surface area contributed by atoms with Crippen LogP contribution in [-0.2, 0) is 14.3 Å². The molecular formula is C17H22O3. The number of rotatable bonds is 4. The highest BCUT2D eigenvalue weighted by Crippen LogP contribution is 2.35. The zero-order chi connectivity index (χ0) is 14.7. The van der Waals surface area contributed by atoms with E-state index in [0.717, 1.165) is 28.9 Å². The Kier molecular flexibility index (Phi) is 4.61. The second-order valence-electron chi connectivity index (χ2n) is 5.60. The molecule has 3 heteroatoms. The number of carbonyl (C=O) groups excluding carboxylic acids is 1. The highest BCUT2D eigenvalue weighted by molar-refractivity contribution is 6.22. The van der Waals surface area contributed by atoms with Gasteiger partial charge in [0.05, 0.1) is 5.57 Å². The van der Waals surface area contributed by atoms with Crippen LogP contribution in [0.25, 0.3) is 5.57 Å². The van der Waals surface area contributed by atoms with E-state index in [4.69, 9.17) is 9.47 Å². The normalized spacial score (nSPS) is 19.4. The summed E-state index contributed by atoms with van der Waals surface area (Å²) in [7, 11) is 1.59. The molecule has 0 amide bonds. The Labute approximate surface area is 120 Å². The molecule has 0 fully saturated rings. The van der Waals surface area contributed by atoms with Gasteiger partial charge in [0.25, 0.3) is 0 Å². The lowest BCUT2D eigenvalue weighted by molar-refractivity contribution is -0.115. The van der Waals surface area contributed by atoms with Gasteiger partial charge in [-0.05, 0) is 30.9 Å². The minimum Gasteiger partial charge on any atom is -0.471 e. The van der Waals surface area contributed by atoms with Gasteiger partial charge >= 0.3 is 0 Å². The van der Waals surface area contributed by atoms with Crippen molar-refractivity contribution >= 4 is 11.4 Å². The molecule has 1 aliphatic rings. The zero-order valence-corrected chi connectivity index (χ0v) is 12.7. The Morgan fingerprint density at radius 3 is 2.65 bits per heavy atom. The van der Waals surface area contributed by atoms with Crippen molar-refractivity contribution in [3.63, 3.8) is 0 Å². The van der Waals surface area contributed by atoms with Crippen molar-refractivity contribution in [3.8, 4) is 0 Å². The van der Waals surface area contributed by atoms with Crippen LogP contribution in [0.5, 0.6) is 0 Å².